The summed E-state index contributed by atoms with van der Waals surface area (Å²) in [5.74, 6) is 0.386. The van der Waals surface area contributed by atoms with Crippen molar-refractivity contribution in [3.63, 3.8) is 0 Å². The van der Waals surface area contributed by atoms with Crippen LogP contribution in [0.3, 0.4) is 0 Å². The normalized spacial score (nSPS) is 15.5. The van der Waals surface area contributed by atoms with Gasteiger partial charge in [0.2, 0.25) is 15.9 Å². The van der Waals surface area contributed by atoms with Gasteiger partial charge in [0.05, 0.1) is 4.90 Å². The van der Waals surface area contributed by atoms with Gasteiger partial charge in [-0.25, -0.2) is 8.42 Å². The van der Waals surface area contributed by atoms with Crippen molar-refractivity contribution in [1.82, 2.24) is 19.4 Å². The van der Waals surface area contributed by atoms with Crippen LogP contribution < -0.4 is 4.74 Å². The lowest BCUT2D eigenvalue weighted by Crippen LogP contribution is -2.41. The van der Waals surface area contributed by atoms with E-state index >= 15 is 0 Å². The molecule has 8 nitrogen and oxygen atoms in total. The van der Waals surface area contributed by atoms with Gasteiger partial charge in [-0.15, -0.1) is 5.10 Å². The zero-order chi connectivity index (χ0) is 20.9. The lowest BCUT2D eigenvalue weighted by Gasteiger charge is -2.32. The molecular weight excluding hydrogens is 392 g/mol. The van der Waals surface area contributed by atoms with Crippen LogP contribution in [0.2, 0.25) is 0 Å². The van der Waals surface area contributed by atoms with Gasteiger partial charge in [0.1, 0.15) is 6.10 Å². The second-order valence-electron chi connectivity index (χ2n) is 6.79. The summed E-state index contributed by atoms with van der Waals surface area (Å²) in [5, 5.41) is 7.72. The summed E-state index contributed by atoms with van der Waals surface area (Å²) in [6, 6.07) is 9.71. The summed E-state index contributed by atoms with van der Waals surface area (Å²) in [5.41, 5.74) is 0.483. The van der Waals surface area contributed by atoms with Gasteiger partial charge in [-0.3, -0.25) is 4.79 Å². The summed E-state index contributed by atoms with van der Waals surface area (Å²) in [4.78, 5) is 14.7. The summed E-state index contributed by atoms with van der Waals surface area (Å²) < 4.78 is 32.3. The Morgan fingerprint density at radius 1 is 1.14 bits per heavy atom. The maximum Gasteiger partial charge on any atom is 0.253 e. The molecule has 0 unspecified atom stereocenters. The first-order valence-electron chi connectivity index (χ1n) is 9.79. The van der Waals surface area contributed by atoms with Crippen molar-refractivity contribution in [3.05, 3.63) is 48.2 Å². The Morgan fingerprint density at radius 3 is 2.34 bits per heavy atom. The highest BCUT2D eigenvalue weighted by molar-refractivity contribution is 7.89. The van der Waals surface area contributed by atoms with Crippen LogP contribution in [0.1, 0.15) is 37.0 Å². The molecule has 1 aromatic carbocycles. The van der Waals surface area contributed by atoms with E-state index in [9.17, 15) is 13.2 Å². The van der Waals surface area contributed by atoms with Crippen molar-refractivity contribution < 1.29 is 17.9 Å². The molecule has 29 heavy (non-hydrogen) atoms. The van der Waals surface area contributed by atoms with E-state index in [-0.39, 0.29) is 16.9 Å². The molecule has 2 heterocycles. The first kappa shape index (κ1) is 21.2. The van der Waals surface area contributed by atoms with Crippen molar-refractivity contribution in [3.8, 4) is 5.88 Å². The number of hydrogen-bond acceptors (Lipinski definition) is 6. The monoisotopic (exact) mass is 418 g/mol. The third-order valence-electron chi connectivity index (χ3n) is 5.01. The van der Waals surface area contributed by atoms with E-state index in [1.54, 1.807) is 49.2 Å². The number of hydrogen-bond donors (Lipinski definition) is 0. The summed E-state index contributed by atoms with van der Waals surface area (Å²) >= 11 is 0. The van der Waals surface area contributed by atoms with E-state index in [2.05, 4.69) is 10.2 Å². The minimum atomic E-state index is -3.52. The van der Waals surface area contributed by atoms with Crippen LogP contribution in [0.5, 0.6) is 5.88 Å². The highest BCUT2D eigenvalue weighted by Gasteiger charge is 2.26. The van der Waals surface area contributed by atoms with Crippen LogP contribution in [0.4, 0.5) is 0 Å². The van der Waals surface area contributed by atoms with Gasteiger partial charge in [0.15, 0.2) is 0 Å². The number of carbonyl (C=O) groups excluding carboxylic acids is 1. The van der Waals surface area contributed by atoms with Crippen molar-refractivity contribution in [2.45, 2.75) is 37.7 Å². The molecule has 0 aliphatic carbocycles. The first-order valence-corrected chi connectivity index (χ1v) is 11.2. The van der Waals surface area contributed by atoms with E-state index in [1.165, 1.54) is 16.4 Å². The summed E-state index contributed by atoms with van der Waals surface area (Å²) in [6.07, 6.45) is 3.00. The number of sulfonamides is 1. The van der Waals surface area contributed by atoms with Crippen LogP contribution in [-0.4, -0.2) is 66.0 Å². The predicted molar refractivity (Wildman–Crippen MR) is 108 cm³/mol. The average molecular weight is 419 g/mol. The smallest absolute Gasteiger partial charge is 0.253 e. The molecule has 1 fully saturated rings. The molecule has 1 aliphatic rings. The van der Waals surface area contributed by atoms with Gasteiger partial charge in [0, 0.05) is 56.8 Å². The van der Waals surface area contributed by atoms with E-state index in [1.807, 2.05) is 0 Å². The minimum Gasteiger partial charge on any atom is -0.473 e. The molecule has 3 rings (SSSR count). The fourth-order valence-electron chi connectivity index (χ4n) is 3.36. The van der Waals surface area contributed by atoms with Crippen molar-refractivity contribution in [2.24, 2.45) is 0 Å². The highest BCUT2D eigenvalue weighted by atomic mass is 32.2. The van der Waals surface area contributed by atoms with E-state index in [4.69, 9.17) is 4.74 Å². The van der Waals surface area contributed by atoms with Crippen LogP contribution in [0.25, 0.3) is 0 Å². The number of piperidine rings is 1. The van der Waals surface area contributed by atoms with E-state index in [0.717, 1.165) is 0 Å². The van der Waals surface area contributed by atoms with Crippen molar-refractivity contribution >= 4 is 15.9 Å². The fraction of sp³-hybridized carbons (Fsp3) is 0.450. The number of rotatable bonds is 7. The van der Waals surface area contributed by atoms with Gasteiger partial charge in [-0.1, -0.05) is 13.8 Å². The number of aromatic nitrogens is 2. The summed E-state index contributed by atoms with van der Waals surface area (Å²) in [7, 11) is -3.52. The average Bonchev–Trinajstić information content (AvgIpc) is 2.75. The molecule has 0 N–H and O–H groups in total. The van der Waals surface area contributed by atoms with Crippen LogP contribution in [-0.2, 0) is 10.0 Å². The number of carbonyl (C=O) groups is 1. The topological polar surface area (TPSA) is 92.7 Å². The quantitative estimate of drug-likeness (QED) is 0.684. The Bertz CT molecular complexity index is 907. The molecule has 0 atom stereocenters. The number of likely N-dealkylation sites (tertiary alicyclic amines) is 1. The fourth-order valence-corrected chi connectivity index (χ4v) is 4.82. The molecule has 9 heteroatoms. The predicted octanol–water partition coefficient (Wildman–Crippen LogP) is 2.19. The number of ether oxygens (including phenoxy) is 1. The van der Waals surface area contributed by atoms with Crippen LogP contribution >= 0.6 is 0 Å². The van der Waals surface area contributed by atoms with Gasteiger partial charge in [0.25, 0.3) is 5.91 Å². The Morgan fingerprint density at radius 2 is 1.79 bits per heavy atom. The molecule has 1 aromatic heterocycles. The molecule has 156 valence electrons. The third-order valence-corrected chi connectivity index (χ3v) is 7.07. The lowest BCUT2D eigenvalue weighted by molar-refractivity contribution is 0.0586. The van der Waals surface area contributed by atoms with Crippen molar-refractivity contribution in [2.75, 3.05) is 26.2 Å². The molecule has 1 saturated heterocycles. The van der Waals surface area contributed by atoms with Gasteiger partial charge >= 0.3 is 0 Å². The Hall–Kier alpha value is -2.52. The summed E-state index contributed by atoms with van der Waals surface area (Å²) in [6.45, 7) is 5.57. The Kier molecular flexibility index (Phi) is 6.81. The number of nitrogens with zero attached hydrogens (tertiary/aromatic N) is 4. The van der Waals surface area contributed by atoms with Gasteiger partial charge < -0.3 is 9.64 Å². The first-order chi connectivity index (χ1) is 14.0. The zero-order valence-electron chi connectivity index (χ0n) is 16.7. The second-order valence-corrected chi connectivity index (χ2v) is 8.72. The standard InChI is InChI=1S/C20H26N4O4S/c1-3-24(4-2)29(26,27)18-9-7-16(8-10-18)20(25)23-14-11-17(12-15-23)28-19-6-5-13-21-22-19/h5-10,13,17H,3-4,11-12,14-15H2,1-2H3. The maximum absolute atomic E-state index is 12.8. The number of amides is 1. The molecule has 0 saturated carbocycles. The second kappa shape index (κ2) is 9.32. The molecule has 1 amide bonds. The highest BCUT2D eigenvalue weighted by Crippen LogP contribution is 2.20. The SMILES string of the molecule is CCN(CC)S(=O)(=O)c1ccc(C(=O)N2CCC(Oc3cccnn3)CC2)cc1. The van der Waals surface area contributed by atoms with E-state index < -0.39 is 10.0 Å². The van der Waals surface area contributed by atoms with Gasteiger partial charge in [-0.2, -0.15) is 9.40 Å². The number of benzene rings is 1. The largest absolute Gasteiger partial charge is 0.473 e. The van der Waals surface area contributed by atoms with Crippen LogP contribution in [0.15, 0.2) is 47.5 Å². The molecule has 1 aliphatic heterocycles. The Labute approximate surface area is 171 Å². The van der Waals surface area contributed by atoms with Gasteiger partial charge in [-0.05, 0) is 30.3 Å². The van der Waals surface area contributed by atoms with E-state index in [0.29, 0.717) is 50.5 Å². The lowest BCUT2D eigenvalue weighted by atomic mass is 10.1. The van der Waals surface area contributed by atoms with Crippen LogP contribution in [0, 0.1) is 0 Å². The molecular formula is C20H26N4O4S. The van der Waals surface area contributed by atoms with Crippen molar-refractivity contribution in [1.29, 1.82) is 0 Å². The zero-order valence-corrected chi connectivity index (χ0v) is 17.5. The Balaban J connectivity index is 1.60. The molecule has 0 spiro atoms. The molecule has 2 aromatic rings. The minimum absolute atomic E-state index is 0.00246. The third kappa shape index (κ3) is 4.91. The maximum atomic E-state index is 12.8. The molecule has 0 bridgehead atoms. The molecule has 0 radical (unpaired) electrons.